The predicted molar refractivity (Wildman–Crippen MR) is 325 cm³/mol. The Labute approximate surface area is 530 Å². The molecule has 15 N–H and O–H groups in total. The number of aliphatic hydroxyl groups is 6. The summed E-state index contributed by atoms with van der Waals surface area (Å²) in [6.45, 7) is 3.55. The van der Waals surface area contributed by atoms with Crippen molar-refractivity contribution in [3.8, 4) is 38.4 Å². The smallest absolute Gasteiger partial charge is 0.261 e. The van der Waals surface area contributed by atoms with E-state index in [9.17, 15) is 69.3 Å². The van der Waals surface area contributed by atoms with Gasteiger partial charge in [0.05, 0.1) is 43.0 Å². The zero-order chi connectivity index (χ0) is 66.1. The first-order chi connectivity index (χ1) is 43.5. The summed E-state index contributed by atoms with van der Waals surface area (Å²) in [4.78, 5) is 107. The number of nitrogens with zero attached hydrogens (tertiary/aromatic N) is 5. The molecule has 0 radical (unpaired) electrons. The van der Waals surface area contributed by atoms with E-state index in [1.54, 1.807) is 19.2 Å². The monoisotopic (exact) mass is 1310 g/mol. The van der Waals surface area contributed by atoms with Crippen LogP contribution in [0.4, 0.5) is 0 Å². The molecule has 13 atom stereocenters. The number of phenols is 1. The summed E-state index contributed by atoms with van der Waals surface area (Å²) in [5, 5.41) is 113. The summed E-state index contributed by atoms with van der Waals surface area (Å²) in [5.74, 6) is -9.26. The van der Waals surface area contributed by atoms with Gasteiger partial charge in [0.15, 0.2) is 23.8 Å². The number of amides is 7. The van der Waals surface area contributed by atoms with Gasteiger partial charge < -0.3 is 91.5 Å². The molecule has 3 saturated heterocycles. The van der Waals surface area contributed by atoms with Crippen LogP contribution in [0.3, 0.4) is 0 Å². The van der Waals surface area contributed by atoms with E-state index in [4.69, 9.17) is 24.6 Å². The number of hydrogen-bond donors (Lipinski definition) is 14. The maximum atomic E-state index is 14.7. The number of benzene rings is 3. The minimum Gasteiger partial charge on any atom is -0.504 e. The summed E-state index contributed by atoms with van der Waals surface area (Å²) >= 11 is 1.36. The Bertz CT molecular complexity index is 3160. The summed E-state index contributed by atoms with van der Waals surface area (Å²) in [6.07, 6.45) is -7.31. The third kappa shape index (κ3) is 19.2. The number of ether oxygens (including phenoxy) is 2. The van der Waals surface area contributed by atoms with Crippen LogP contribution in [0.15, 0.2) is 71.7 Å². The van der Waals surface area contributed by atoms with Crippen LogP contribution >= 0.6 is 23.7 Å². The van der Waals surface area contributed by atoms with Crippen molar-refractivity contribution in [2.75, 3.05) is 40.0 Å². The zero-order valence-electron chi connectivity index (χ0n) is 50.2. The number of aromatic hydroxyl groups is 1. The number of unbranched alkanes of at least 4 members (excludes halogenated alkanes) is 4. The number of aliphatic hydroxyl groups excluding tert-OH is 6. The van der Waals surface area contributed by atoms with Crippen molar-refractivity contribution in [2.45, 2.75) is 145 Å². The molecule has 7 unspecified atom stereocenters. The fourth-order valence-electron chi connectivity index (χ4n) is 10.5. The second-order valence-electron chi connectivity index (χ2n) is 22.3. The number of β-amino-alcohol motifs (C(OH)–C–C–N with tert-alkyl or cyclic N) is 1. The average Bonchev–Trinajstić information content (AvgIpc) is 1.79. The largest absolute Gasteiger partial charge is 0.504 e. The lowest BCUT2D eigenvalue weighted by Gasteiger charge is -2.33. The van der Waals surface area contributed by atoms with Crippen molar-refractivity contribution < 1.29 is 97.6 Å². The van der Waals surface area contributed by atoms with Gasteiger partial charge in [0.25, 0.3) is 24.1 Å². The van der Waals surface area contributed by atoms with Crippen LogP contribution in [0.2, 0.25) is 0 Å². The highest BCUT2D eigenvalue weighted by molar-refractivity contribution is 7.90. The van der Waals surface area contributed by atoms with Gasteiger partial charge >= 0.3 is 0 Å². The number of phenolic OH excluding ortho intramolecular Hbond substituents is 1. The van der Waals surface area contributed by atoms with Gasteiger partial charge in [-0.15, -0.1) is 10.2 Å². The van der Waals surface area contributed by atoms with E-state index in [0.717, 1.165) is 78.9 Å². The molecule has 0 aliphatic carbocycles. The second kappa shape index (κ2) is 33.6. The SMILES string of the molecule is COCCCCCCCOc1ccc(-c2nnc(-c3ccc(C(=O)N[C@H]4C[C@H](O)CNC(=O)C5[C@@H](O)C(C)CN5C(=O)[C@H]([C@H](O)N=C(C)N)NC(=O)C([C@H](O)Cc5ccc(O)c(OSOOO)c5)NC(=O)C5CC(O)CN5C(=O)C(C(C)O)NC4=O)cc3)s2)cc1. The Balaban J connectivity index is 1.15. The predicted octanol–water partition coefficient (Wildman–Crippen LogP) is -0.800. The van der Waals surface area contributed by atoms with E-state index >= 15 is 0 Å². The first-order valence-electron chi connectivity index (χ1n) is 29.3. The van der Waals surface area contributed by atoms with Crippen LogP contribution in [-0.2, 0) is 49.3 Å². The van der Waals surface area contributed by atoms with Crippen molar-refractivity contribution in [2.24, 2.45) is 16.6 Å². The minimum atomic E-state index is -2.23. The maximum absolute atomic E-state index is 14.7. The molecule has 0 bridgehead atoms. The number of methoxy groups -OCH3 is 1. The van der Waals surface area contributed by atoms with E-state index in [1.165, 1.54) is 43.4 Å². The molecule has 7 amide bonds. The maximum Gasteiger partial charge on any atom is 0.261 e. The lowest BCUT2D eigenvalue weighted by atomic mass is 9.99. The summed E-state index contributed by atoms with van der Waals surface area (Å²) < 4.78 is 20.4. The highest BCUT2D eigenvalue weighted by atomic mass is 32.2. The second-order valence-corrected chi connectivity index (χ2v) is 23.8. The van der Waals surface area contributed by atoms with Gasteiger partial charge in [-0.2, -0.15) is 0 Å². The molecule has 31 nitrogen and oxygen atoms in total. The molecule has 3 aliphatic rings. The quantitative estimate of drug-likeness (QED) is 0.0108. The van der Waals surface area contributed by atoms with E-state index in [-0.39, 0.29) is 41.6 Å². The van der Waals surface area contributed by atoms with Gasteiger partial charge in [0.1, 0.15) is 46.0 Å². The molecule has 4 aromatic rings. The number of aromatic nitrogens is 2. The van der Waals surface area contributed by atoms with Gasteiger partial charge in [-0.3, -0.25) is 33.6 Å². The van der Waals surface area contributed by atoms with Gasteiger partial charge in [-0.25, -0.2) is 10.2 Å². The van der Waals surface area contributed by atoms with Crippen molar-refractivity contribution in [1.82, 2.24) is 46.6 Å². The molecule has 0 spiro atoms. The summed E-state index contributed by atoms with van der Waals surface area (Å²) in [5.41, 5.74) is 7.30. The fourth-order valence-corrected chi connectivity index (χ4v) is 11.7. The number of aliphatic imine (C=N–C) groups is 1. The van der Waals surface area contributed by atoms with Crippen LogP contribution in [0, 0.1) is 5.92 Å². The van der Waals surface area contributed by atoms with Crippen molar-refractivity contribution >= 4 is 70.8 Å². The highest BCUT2D eigenvalue weighted by Crippen LogP contribution is 2.33. The molecule has 3 fully saturated rings. The highest BCUT2D eigenvalue weighted by Gasteiger charge is 2.50. The van der Waals surface area contributed by atoms with Crippen LogP contribution in [0.5, 0.6) is 17.2 Å². The Hall–Kier alpha value is -7.67. The van der Waals surface area contributed by atoms with Gasteiger partial charge in [0, 0.05) is 75.2 Å². The number of fused-ring (bicyclic) bond motifs is 2. The minimum absolute atomic E-state index is 0.0122. The van der Waals surface area contributed by atoms with E-state index < -0.39 is 158 Å². The fraction of sp³-hybridized carbons (Fsp3) is 0.517. The van der Waals surface area contributed by atoms with Crippen LogP contribution in [0.25, 0.3) is 21.1 Å². The molecule has 0 saturated carbocycles. The standard InChI is InChI=1S/C58H77N11O20S2/c1-29-27-69-47(48(29)75)54(81)60-26-36(71)24-39(62-49(76)33-11-13-34(14-12-33)55-66-67-56(90-55)35-15-17-38(18-16-35)86-21-9-7-5-6-8-20-85-4)50(77)63-44(30(2)70)57(82)68-28-37(72)25-40(68)51(78)64-45(52(79)65-46(58(69)83)53(80)61-31(3)59)42(74)22-32-10-19-41(73)43(23-32)87-91-89-88-84/h10-19,23,29-30,36-37,39-40,42,44-48,53,70-75,80,84H,5-9,20-22,24-28H2,1-4H3,(H2,59,61)(H,60,81)(H,62,76)(H,63,77)(H,64,78)(H,65,79)/t29?,30?,36-,37?,39-,40?,42+,44?,45?,46-,47?,48-,53-/m0/s1. The lowest BCUT2D eigenvalue weighted by molar-refractivity contribution is -0.433. The molecule has 496 valence electrons. The van der Waals surface area contributed by atoms with Crippen LogP contribution in [0.1, 0.15) is 81.6 Å². The number of amidine groups is 1. The molecule has 3 aromatic carbocycles. The number of nitrogens with one attached hydrogen (secondary N) is 5. The van der Waals surface area contributed by atoms with Crippen molar-refractivity contribution in [1.29, 1.82) is 0 Å². The third-order valence-corrected chi connectivity index (χ3v) is 16.7. The van der Waals surface area contributed by atoms with Gasteiger partial charge in [-0.1, -0.05) is 65.1 Å². The Morgan fingerprint density at radius 2 is 1.42 bits per heavy atom. The van der Waals surface area contributed by atoms with E-state index in [2.05, 4.69) is 51.1 Å². The molecular weight excluding hydrogens is 1230 g/mol. The number of carbonyl (C=O) groups excluding carboxylic acids is 7. The molecule has 33 heteroatoms. The third-order valence-electron chi connectivity index (χ3n) is 15.3. The summed E-state index contributed by atoms with van der Waals surface area (Å²) in [6, 6.07) is 5.57. The first-order valence-corrected chi connectivity index (χ1v) is 30.7. The van der Waals surface area contributed by atoms with E-state index in [1.807, 2.05) is 24.3 Å². The molecule has 7 rings (SSSR count). The molecular formula is C58H77N11O20S2. The van der Waals surface area contributed by atoms with Gasteiger partial charge in [0.2, 0.25) is 29.5 Å². The van der Waals surface area contributed by atoms with Crippen LogP contribution in [-0.4, -0.2) is 221 Å². The molecule has 3 aliphatic heterocycles. The lowest BCUT2D eigenvalue weighted by Crippen LogP contribution is -2.64. The Kier molecular flexibility index (Phi) is 26.1. The van der Waals surface area contributed by atoms with Gasteiger partial charge in [-0.05, 0) is 80.8 Å². The number of nitrogens with two attached hydrogens (primary N) is 1. The molecule has 1 aromatic heterocycles. The Morgan fingerprint density at radius 3 is 2.07 bits per heavy atom. The summed E-state index contributed by atoms with van der Waals surface area (Å²) in [7, 11) is 1.69. The number of carbonyl (C=O) groups is 7. The van der Waals surface area contributed by atoms with Crippen LogP contribution < -0.4 is 41.2 Å². The molecule has 4 heterocycles. The van der Waals surface area contributed by atoms with Crippen molar-refractivity contribution in [3.05, 3.63) is 77.9 Å². The zero-order valence-corrected chi connectivity index (χ0v) is 51.8. The molecule has 91 heavy (non-hydrogen) atoms. The average molecular weight is 1310 g/mol. The Morgan fingerprint density at radius 1 is 0.791 bits per heavy atom. The number of hydrogen-bond acceptors (Lipinski definition) is 25. The van der Waals surface area contributed by atoms with Crippen molar-refractivity contribution in [3.63, 3.8) is 0 Å². The van der Waals surface area contributed by atoms with E-state index in [0.29, 0.717) is 22.2 Å². The normalized spacial score (nSPS) is 25.0. The number of rotatable bonds is 23. The first kappa shape index (κ1) is 70.8. The topological polar surface area (TPSA) is 458 Å².